The third-order valence-electron chi connectivity index (χ3n) is 6.29. The highest BCUT2D eigenvalue weighted by atomic mass is 16.5. The Morgan fingerprint density at radius 2 is 1.70 bits per heavy atom. The van der Waals surface area contributed by atoms with Crippen LogP contribution in [0.4, 0.5) is 0 Å². The van der Waals surface area contributed by atoms with E-state index in [1.807, 2.05) is 0 Å². The molecule has 2 nitrogen and oxygen atoms in total. The fourth-order valence-electron chi connectivity index (χ4n) is 4.75. The second-order valence-electron chi connectivity index (χ2n) is 7.82. The van der Waals surface area contributed by atoms with E-state index in [2.05, 4.69) is 12.8 Å². The van der Waals surface area contributed by atoms with Crippen molar-refractivity contribution in [3.8, 4) is 12.3 Å². The molecule has 0 bridgehead atoms. The highest BCUT2D eigenvalue weighted by Crippen LogP contribution is 2.44. The molecule has 0 aromatic rings. The molecule has 0 heterocycles. The molecule has 0 aliphatic heterocycles. The fourth-order valence-corrected chi connectivity index (χ4v) is 4.75. The van der Waals surface area contributed by atoms with Gasteiger partial charge in [0.1, 0.15) is 5.60 Å². The average Bonchev–Trinajstić information content (AvgIpc) is 2.60. The predicted octanol–water partition coefficient (Wildman–Crippen LogP) is 4.94. The summed E-state index contributed by atoms with van der Waals surface area (Å²) in [6.07, 6.45) is 20.6. The van der Waals surface area contributed by atoms with Gasteiger partial charge in [-0.3, -0.25) is 0 Å². The van der Waals surface area contributed by atoms with Gasteiger partial charge in [-0.1, -0.05) is 38.5 Å². The number of ether oxygens (including phenoxy) is 1. The summed E-state index contributed by atoms with van der Waals surface area (Å²) in [6, 6.07) is 0. The van der Waals surface area contributed by atoms with Crippen LogP contribution in [-0.4, -0.2) is 23.9 Å². The maximum absolute atomic E-state index is 8.86. The van der Waals surface area contributed by atoms with Crippen molar-refractivity contribution in [2.45, 2.75) is 89.6 Å². The van der Waals surface area contributed by atoms with Gasteiger partial charge in [-0.2, -0.15) is 0 Å². The number of terminal acetylenes is 1. The van der Waals surface area contributed by atoms with Gasteiger partial charge in [0.15, 0.2) is 0 Å². The van der Waals surface area contributed by atoms with Gasteiger partial charge in [-0.15, -0.1) is 6.42 Å². The molecule has 0 amide bonds. The molecule has 0 aromatic heterocycles. The molecule has 0 aromatic carbocycles. The lowest BCUT2D eigenvalue weighted by molar-refractivity contribution is -0.0446. The van der Waals surface area contributed by atoms with Gasteiger partial charge in [0.2, 0.25) is 0 Å². The zero-order valence-electron chi connectivity index (χ0n) is 15.1. The van der Waals surface area contributed by atoms with Crippen molar-refractivity contribution >= 4 is 0 Å². The maximum Gasteiger partial charge on any atom is 0.128 e. The molecule has 2 fully saturated rings. The summed E-state index contributed by atoms with van der Waals surface area (Å²) >= 11 is 0. The normalized spacial score (nSPS) is 34.9. The summed E-state index contributed by atoms with van der Waals surface area (Å²) in [6.45, 7) is 3.25. The highest BCUT2D eigenvalue weighted by Gasteiger charge is 2.37. The summed E-state index contributed by atoms with van der Waals surface area (Å²) in [4.78, 5) is 0. The molecule has 2 aliphatic rings. The van der Waals surface area contributed by atoms with Crippen molar-refractivity contribution in [3.05, 3.63) is 0 Å². The monoisotopic (exact) mass is 320 g/mol. The minimum absolute atomic E-state index is 0.245. The number of rotatable bonds is 8. The molecule has 0 atom stereocenters. The number of unbranched alkanes of at least 4 members (excludes halogenated alkanes) is 1. The van der Waals surface area contributed by atoms with Crippen LogP contribution in [0.3, 0.4) is 0 Å². The molecular formula is C21H36O2. The van der Waals surface area contributed by atoms with E-state index in [-0.39, 0.29) is 12.2 Å². The lowest BCUT2D eigenvalue weighted by Gasteiger charge is -2.41. The lowest BCUT2D eigenvalue weighted by atomic mass is 9.68. The molecule has 1 N–H and O–H groups in total. The van der Waals surface area contributed by atoms with Crippen molar-refractivity contribution in [1.82, 2.24) is 0 Å². The predicted molar refractivity (Wildman–Crippen MR) is 96.1 cm³/mol. The Morgan fingerprint density at radius 3 is 2.26 bits per heavy atom. The third-order valence-corrected chi connectivity index (χ3v) is 6.29. The van der Waals surface area contributed by atoms with Crippen LogP contribution in [0.1, 0.15) is 84.0 Å². The lowest BCUT2D eigenvalue weighted by Crippen LogP contribution is -2.38. The van der Waals surface area contributed by atoms with Crippen LogP contribution in [0.5, 0.6) is 0 Å². The highest BCUT2D eigenvalue weighted by molar-refractivity contribution is 5.10. The van der Waals surface area contributed by atoms with Gasteiger partial charge >= 0.3 is 0 Å². The number of aliphatic hydroxyl groups excluding tert-OH is 1. The van der Waals surface area contributed by atoms with E-state index in [9.17, 15) is 0 Å². The van der Waals surface area contributed by atoms with E-state index < -0.39 is 0 Å². The molecule has 2 heteroatoms. The van der Waals surface area contributed by atoms with Crippen molar-refractivity contribution in [1.29, 1.82) is 0 Å². The molecule has 132 valence electrons. The van der Waals surface area contributed by atoms with Crippen LogP contribution < -0.4 is 0 Å². The molecule has 23 heavy (non-hydrogen) atoms. The van der Waals surface area contributed by atoms with E-state index in [1.165, 1.54) is 51.4 Å². The van der Waals surface area contributed by atoms with Crippen molar-refractivity contribution < 1.29 is 9.84 Å². The first-order valence-corrected chi connectivity index (χ1v) is 9.95. The first-order valence-electron chi connectivity index (χ1n) is 9.95. The summed E-state index contributed by atoms with van der Waals surface area (Å²) in [5, 5.41) is 8.86. The number of hydrogen-bond donors (Lipinski definition) is 1. The van der Waals surface area contributed by atoms with E-state index in [0.29, 0.717) is 6.61 Å². The van der Waals surface area contributed by atoms with Crippen LogP contribution in [-0.2, 0) is 4.74 Å². The Kier molecular flexibility index (Phi) is 7.93. The van der Waals surface area contributed by atoms with Crippen molar-refractivity contribution in [2.75, 3.05) is 13.2 Å². The van der Waals surface area contributed by atoms with E-state index in [0.717, 1.165) is 43.4 Å². The van der Waals surface area contributed by atoms with Gasteiger partial charge < -0.3 is 9.84 Å². The zero-order chi connectivity index (χ0) is 16.5. The minimum atomic E-state index is -0.314. The largest absolute Gasteiger partial charge is 0.396 e. The summed E-state index contributed by atoms with van der Waals surface area (Å²) in [5.74, 6) is 5.77. The van der Waals surface area contributed by atoms with Crippen LogP contribution in [0.25, 0.3) is 0 Å². The zero-order valence-corrected chi connectivity index (χ0v) is 15.1. The Balaban J connectivity index is 1.73. The molecule has 0 saturated heterocycles. The Morgan fingerprint density at radius 1 is 1.04 bits per heavy atom. The summed E-state index contributed by atoms with van der Waals surface area (Å²) in [7, 11) is 0. The first-order chi connectivity index (χ1) is 11.2. The van der Waals surface area contributed by atoms with Crippen LogP contribution in [0, 0.1) is 30.1 Å². The van der Waals surface area contributed by atoms with Crippen LogP contribution in [0.2, 0.25) is 0 Å². The molecule has 0 radical (unpaired) electrons. The Labute approximate surface area is 143 Å². The topological polar surface area (TPSA) is 29.5 Å². The second-order valence-corrected chi connectivity index (χ2v) is 7.82. The average molecular weight is 321 g/mol. The second kappa shape index (κ2) is 9.70. The van der Waals surface area contributed by atoms with Gasteiger partial charge in [-0.05, 0) is 69.1 Å². The van der Waals surface area contributed by atoms with Gasteiger partial charge in [0, 0.05) is 13.2 Å². The fraction of sp³-hybridized carbons (Fsp3) is 0.905. The smallest absolute Gasteiger partial charge is 0.128 e. The van der Waals surface area contributed by atoms with Crippen molar-refractivity contribution in [2.24, 2.45) is 17.8 Å². The first kappa shape index (κ1) is 18.8. The van der Waals surface area contributed by atoms with E-state index >= 15 is 0 Å². The Bertz CT molecular complexity index is 355. The molecule has 2 rings (SSSR count). The van der Waals surface area contributed by atoms with Crippen LogP contribution >= 0.6 is 0 Å². The summed E-state index contributed by atoms with van der Waals surface area (Å²) < 4.78 is 6.06. The third kappa shape index (κ3) is 5.50. The quantitative estimate of drug-likeness (QED) is 0.507. The molecule has 2 saturated carbocycles. The number of hydrogen-bond acceptors (Lipinski definition) is 2. The number of aliphatic hydroxyl groups is 1. The van der Waals surface area contributed by atoms with Crippen LogP contribution in [0.15, 0.2) is 0 Å². The molecule has 2 aliphatic carbocycles. The SMILES string of the molecule is C#CC1(OCCCCO)CCC(C2CCC(CCC)CC2)CC1. The van der Waals surface area contributed by atoms with Gasteiger partial charge in [-0.25, -0.2) is 0 Å². The van der Waals surface area contributed by atoms with Gasteiger partial charge in [0.25, 0.3) is 0 Å². The van der Waals surface area contributed by atoms with Crippen molar-refractivity contribution in [3.63, 3.8) is 0 Å². The summed E-state index contributed by atoms with van der Waals surface area (Å²) in [5.41, 5.74) is -0.314. The standard InChI is InChI=1S/C21H36O2/c1-3-7-18-8-10-19(11-9-18)20-12-14-21(4-2,15-13-20)23-17-6-5-16-22/h2,18-20,22H,3,5-17H2,1H3. The van der Waals surface area contributed by atoms with Gasteiger partial charge in [0.05, 0.1) is 0 Å². The molecule has 0 spiro atoms. The van der Waals surface area contributed by atoms with E-state index in [1.54, 1.807) is 0 Å². The molecule has 0 unspecified atom stereocenters. The Hall–Kier alpha value is -0.520. The molecular weight excluding hydrogens is 284 g/mol. The van der Waals surface area contributed by atoms with E-state index in [4.69, 9.17) is 16.3 Å². The minimum Gasteiger partial charge on any atom is -0.396 e. The maximum atomic E-state index is 8.86.